The van der Waals surface area contributed by atoms with Crippen LogP contribution in [0.5, 0.6) is 0 Å². The molecule has 1 amide bonds. The standard InChI is InChI=1S/C25H21F3N8O4/c1-13-9-16(33-40-13)11-35-23(38)20-21(34(3)24(35)39)30-12-36(20)14(2)22(37)32-19-6-4-5-17(31-19)15-7-8-18(29-10-15)25(26,27)28/h4-10,12,14H,11H2,1-3H3,(H,31,32,37)/t14-/m0/s1. The topological polar surface area (TPSA) is 143 Å². The van der Waals surface area contributed by atoms with Crippen molar-refractivity contribution in [3.63, 3.8) is 0 Å². The number of aromatic nitrogens is 7. The SMILES string of the molecule is Cc1cc(Cn2c(=O)c3c(ncn3[C@@H](C)C(=O)Nc3cccc(-c4ccc(C(F)(F)F)nc4)n3)n(C)c2=O)no1. The fourth-order valence-electron chi connectivity index (χ4n) is 4.11. The number of hydrogen-bond donors (Lipinski definition) is 1. The first-order valence-corrected chi connectivity index (χ1v) is 11.8. The number of nitrogens with one attached hydrogen (secondary N) is 1. The van der Waals surface area contributed by atoms with Crippen molar-refractivity contribution in [3.8, 4) is 11.3 Å². The Morgan fingerprint density at radius 3 is 2.58 bits per heavy atom. The van der Waals surface area contributed by atoms with Gasteiger partial charge in [0.1, 0.15) is 29.0 Å². The Morgan fingerprint density at radius 2 is 1.93 bits per heavy atom. The number of fused-ring (bicyclic) bond motifs is 1. The molecule has 5 aromatic rings. The molecule has 0 saturated carbocycles. The Labute approximate surface area is 222 Å². The van der Waals surface area contributed by atoms with Crippen LogP contribution in [0.2, 0.25) is 0 Å². The number of nitrogens with zero attached hydrogens (tertiary/aromatic N) is 7. The van der Waals surface area contributed by atoms with Crippen molar-refractivity contribution >= 4 is 22.9 Å². The van der Waals surface area contributed by atoms with Crippen molar-refractivity contribution in [1.29, 1.82) is 0 Å². The van der Waals surface area contributed by atoms with Crippen molar-refractivity contribution in [1.82, 2.24) is 33.8 Å². The fraction of sp³-hybridized carbons (Fsp3) is 0.240. The van der Waals surface area contributed by atoms with Gasteiger partial charge in [0.15, 0.2) is 11.2 Å². The van der Waals surface area contributed by atoms with Gasteiger partial charge in [-0.05, 0) is 38.1 Å². The third kappa shape index (κ3) is 4.88. The first kappa shape index (κ1) is 26.5. The maximum absolute atomic E-state index is 13.4. The smallest absolute Gasteiger partial charge is 0.361 e. The van der Waals surface area contributed by atoms with E-state index in [2.05, 4.69) is 25.4 Å². The summed E-state index contributed by atoms with van der Waals surface area (Å²) >= 11 is 0. The van der Waals surface area contributed by atoms with E-state index < -0.39 is 35.1 Å². The van der Waals surface area contributed by atoms with Crippen LogP contribution in [-0.2, 0) is 24.6 Å². The second-order valence-electron chi connectivity index (χ2n) is 8.99. The first-order chi connectivity index (χ1) is 18.9. The summed E-state index contributed by atoms with van der Waals surface area (Å²) in [6.07, 6.45) is -2.23. The Kier molecular flexibility index (Phi) is 6.57. The van der Waals surface area contributed by atoms with Gasteiger partial charge in [-0.3, -0.25) is 23.7 Å². The van der Waals surface area contributed by atoms with Gasteiger partial charge in [-0.25, -0.2) is 14.8 Å². The summed E-state index contributed by atoms with van der Waals surface area (Å²) in [6.45, 7) is 3.08. The average Bonchev–Trinajstić information content (AvgIpc) is 3.55. The van der Waals surface area contributed by atoms with Gasteiger partial charge in [0.25, 0.3) is 5.56 Å². The number of hydrogen-bond acceptors (Lipinski definition) is 8. The Morgan fingerprint density at radius 1 is 1.15 bits per heavy atom. The van der Waals surface area contributed by atoms with Crippen LogP contribution in [0.4, 0.5) is 19.0 Å². The zero-order valence-electron chi connectivity index (χ0n) is 21.3. The molecule has 0 bridgehead atoms. The Hall–Kier alpha value is -5.08. The number of pyridine rings is 2. The van der Waals surface area contributed by atoms with Crippen LogP contribution < -0.4 is 16.6 Å². The highest BCUT2D eigenvalue weighted by Gasteiger charge is 2.32. The lowest BCUT2D eigenvalue weighted by molar-refractivity contribution is -0.141. The van der Waals surface area contributed by atoms with Gasteiger partial charge >= 0.3 is 11.9 Å². The van der Waals surface area contributed by atoms with Gasteiger partial charge in [-0.15, -0.1) is 0 Å². The van der Waals surface area contributed by atoms with E-state index in [1.807, 2.05) is 0 Å². The third-order valence-electron chi connectivity index (χ3n) is 6.20. The van der Waals surface area contributed by atoms with Gasteiger partial charge < -0.3 is 14.4 Å². The summed E-state index contributed by atoms with van der Waals surface area (Å²) < 4.78 is 47.0. The quantitative estimate of drug-likeness (QED) is 0.338. The third-order valence-corrected chi connectivity index (χ3v) is 6.20. The second-order valence-corrected chi connectivity index (χ2v) is 8.99. The molecule has 0 radical (unpaired) electrons. The molecule has 0 aliphatic rings. The molecular formula is C25H21F3N8O4. The van der Waals surface area contributed by atoms with Gasteiger partial charge in [-0.2, -0.15) is 13.2 Å². The van der Waals surface area contributed by atoms with E-state index in [0.29, 0.717) is 22.7 Å². The number of halogens is 3. The van der Waals surface area contributed by atoms with Crippen LogP contribution in [0.25, 0.3) is 22.4 Å². The molecule has 5 rings (SSSR count). The van der Waals surface area contributed by atoms with Crippen LogP contribution in [0.3, 0.4) is 0 Å². The summed E-state index contributed by atoms with van der Waals surface area (Å²) in [4.78, 5) is 51.3. The molecule has 0 fully saturated rings. The highest BCUT2D eigenvalue weighted by atomic mass is 19.4. The number of anilines is 1. The molecule has 1 N–H and O–H groups in total. The number of aryl methyl sites for hydroxylation is 2. The minimum atomic E-state index is -4.57. The maximum Gasteiger partial charge on any atom is 0.433 e. The molecule has 12 nitrogen and oxygen atoms in total. The molecule has 0 saturated heterocycles. The molecule has 206 valence electrons. The molecule has 0 unspecified atom stereocenters. The van der Waals surface area contributed by atoms with Crippen LogP contribution in [0.15, 0.2) is 63.0 Å². The molecule has 0 aromatic carbocycles. The molecule has 15 heteroatoms. The van der Waals surface area contributed by atoms with Crippen LogP contribution >= 0.6 is 0 Å². The maximum atomic E-state index is 13.4. The lowest BCUT2D eigenvalue weighted by Gasteiger charge is -2.15. The summed E-state index contributed by atoms with van der Waals surface area (Å²) in [6, 6.07) is 7.37. The van der Waals surface area contributed by atoms with Gasteiger partial charge in [0.05, 0.1) is 18.6 Å². The van der Waals surface area contributed by atoms with E-state index in [1.165, 1.54) is 41.6 Å². The monoisotopic (exact) mass is 554 g/mol. The summed E-state index contributed by atoms with van der Waals surface area (Å²) in [5, 5.41) is 6.48. The lowest BCUT2D eigenvalue weighted by atomic mass is 10.1. The molecule has 5 heterocycles. The fourth-order valence-corrected chi connectivity index (χ4v) is 4.11. The van der Waals surface area contributed by atoms with Gasteiger partial charge in [0.2, 0.25) is 5.91 Å². The van der Waals surface area contributed by atoms with Crippen LogP contribution in [0.1, 0.15) is 30.1 Å². The highest BCUT2D eigenvalue weighted by Crippen LogP contribution is 2.29. The summed E-state index contributed by atoms with van der Waals surface area (Å²) in [7, 11) is 1.46. The van der Waals surface area contributed by atoms with Crippen molar-refractivity contribution < 1.29 is 22.5 Å². The minimum absolute atomic E-state index is 0.0301. The molecule has 40 heavy (non-hydrogen) atoms. The van der Waals surface area contributed by atoms with E-state index in [4.69, 9.17) is 4.52 Å². The zero-order chi connectivity index (χ0) is 28.8. The van der Waals surface area contributed by atoms with Crippen molar-refractivity contribution in [3.05, 3.63) is 86.9 Å². The van der Waals surface area contributed by atoms with Gasteiger partial charge in [0, 0.05) is 24.9 Å². The zero-order valence-corrected chi connectivity index (χ0v) is 21.3. The second kappa shape index (κ2) is 9.91. The number of carbonyl (C=O) groups is 1. The number of imidazole rings is 1. The van der Waals surface area contributed by atoms with E-state index in [-0.39, 0.29) is 23.5 Å². The predicted octanol–water partition coefficient (Wildman–Crippen LogP) is 2.92. The molecule has 1 atom stereocenters. The van der Waals surface area contributed by atoms with Crippen LogP contribution in [-0.4, -0.2) is 39.7 Å². The lowest BCUT2D eigenvalue weighted by Crippen LogP contribution is -2.40. The summed E-state index contributed by atoms with van der Waals surface area (Å²) in [5.41, 5.74) is -1.19. The summed E-state index contributed by atoms with van der Waals surface area (Å²) in [5.74, 6) is 0.0925. The number of rotatable bonds is 6. The predicted molar refractivity (Wildman–Crippen MR) is 135 cm³/mol. The van der Waals surface area contributed by atoms with Crippen molar-refractivity contribution in [2.45, 2.75) is 32.6 Å². The normalized spacial score (nSPS) is 12.6. The largest absolute Gasteiger partial charge is 0.433 e. The average molecular weight is 554 g/mol. The number of carbonyl (C=O) groups excluding carboxylic acids is 1. The molecule has 0 aliphatic heterocycles. The van der Waals surface area contributed by atoms with E-state index in [1.54, 1.807) is 25.1 Å². The highest BCUT2D eigenvalue weighted by molar-refractivity contribution is 5.93. The number of amides is 1. The van der Waals surface area contributed by atoms with Gasteiger partial charge in [-0.1, -0.05) is 11.2 Å². The van der Waals surface area contributed by atoms with E-state index in [9.17, 15) is 27.6 Å². The van der Waals surface area contributed by atoms with Crippen LogP contribution in [0, 0.1) is 6.92 Å². The first-order valence-electron chi connectivity index (χ1n) is 11.8. The Bertz CT molecular complexity index is 1850. The van der Waals surface area contributed by atoms with E-state index >= 15 is 0 Å². The Balaban J connectivity index is 1.43. The molecular weight excluding hydrogens is 533 g/mol. The molecule has 5 aromatic heterocycles. The molecule has 0 aliphatic carbocycles. The molecule has 0 spiro atoms. The van der Waals surface area contributed by atoms with Crippen molar-refractivity contribution in [2.24, 2.45) is 7.05 Å². The minimum Gasteiger partial charge on any atom is -0.361 e. The van der Waals surface area contributed by atoms with Crippen molar-refractivity contribution in [2.75, 3.05) is 5.32 Å². The van der Waals surface area contributed by atoms with E-state index in [0.717, 1.165) is 16.8 Å². The number of alkyl halides is 3.